The summed E-state index contributed by atoms with van der Waals surface area (Å²) in [6.45, 7) is 0. The van der Waals surface area contributed by atoms with Crippen molar-refractivity contribution in [3.63, 3.8) is 0 Å². The highest BCUT2D eigenvalue weighted by Gasteiger charge is 2.10. The van der Waals surface area contributed by atoms with Crippen LogP contribution in [0.2, 0.25) is 5.15 Å². The third-order valence-electron chi connectivity index (χ3n) is 2.18. The van der Waals surface area contributed by atoms with Crippen molar-refractivity contribution in [2.75, 3.05) is 5.32 Å². The van der Waals surface area contributed by atoms with Crippen LogP contribution in [-0.2, 0) is 0 Å². The Morgan fingerprint density at radius 1 is 1.26 bits per heavy atom. The van der Waals surface area contributed by atoms with Gasteiger partial charge < -0.3 is 5.32 Å². The van der Waals surface area contributed by atoms with Crippen molar-refractivity contribution >= 4 is 55.1 Å². The van der Waals surface area contributed by atoms with Gasteiger partial charge in [0.15, 0.2) is 0 Å². The summed E-state index contributed by atoms with van der Waals surface area (Å²) in [6.07, 6.45) is 1.42. The van der Waals surface area contributed by atoms with E-state index in [0.717, 1.165) is 6.07 Å². The highest BCUT2D eigenvalue weighted by molar-refractivity contribution is 9.10. The van der Waals surface area contributed by atoms with E-state index >= 15 is 0 Å². The van der Waals surface area contributed by atoms with Gasteiger partial charge in [0.25, 0.3) is 5.91 Å². The molecule has 1 amide bonds. The molecule has 0 aliphatic rings. The molecule has 2 aromatic rings. The first-order chi connectivity index (χ1) is 8.95. The maximum absolute atomic E-state index is 13.2. The highest BCUT2D eigenvalue weighted by atomic mass is 79.9. The topological polar surface area (TPSA) is 42.0 Å². The maximum Gasteiger partial charge on any atom is 0.255 e. The van der Waals surface area contributed by atoms with Crippen LogP contribution in [0.15, 0.2) is 39.4 Å². The Labute approximate surface area is 130 Å². The number of amides is 1. The Balaban J connectivity index is 2.22. The second kappa shape index (κ2) is 5.98. The number of hydrogen-bond acceptors (Lipinski definition) is 2. The van der Waals surface area contributed by atoms with Gasteiger partial charge >= 0.3 is 0 Å². The molecule has 98 valence electrons. The quantitative estimate of drug-likeness (QED) is 0.735. The highest BCUT2D eigenvalue weighted by Crippen LogP contribution is 2.23. The zero-order valence-corrected chi connectivity index (χ0v) is 13.2. The third kappa shape index (κ3) is 3.75. The molecule has 0 aliphatic heterocycles. The molecule has 0 atom stereocenters. The molecule has 1 aromatic carbocycles. The van der Waals surface area contributed by atoms with Gasteiger partial charge in [-0.1, -0.05) is 27.5 Å². The third-order valence-corrected chi connectivity index (χ3v) is 3.77. The number of rotatable bonds is 2. The van der Waals surface area contributed by atoms with Crippen molar-refractivity contribution in [1.82, 2.24) is 4.98 Å². The molecule has 2 rings (SSSR count). The largest absolute Gasteiger partial charge is 0.321 e. The van der Waals surface area contributed by atoms with Crippen LogP contribution in [-0.4, -0.2) is 10.9 Å². The van der Waals surface area contributed by atoms with Gasteiger partial charge in [-0.25, -0.2) is 9.37 Å². The number of anilines is 1. The molecule has 0 saturated heterocycles. The molecule has 1 N–H and O–H groups in total. The summed E-state index contributed by atoms with van der Waals surface area (Å²) in [4.78, 5) is 15.8. The predicted molar refractivity (Wildman–Crippen MR) is 79.0 cm³/mol. The number of benzene rings is 1. The predicted octanol–water partition coefficient (Wildman–Crippen LogP) is 4.65. The van der Waals surface area contributed by atoms with Gasteiger partial charge in [-0.3, -0.25) is 4.79 Å². The summed E-state index contributed by atoms with van der Waals surface area (Å²) in [5.41, 5.74) is 0.666. The van der Waals surface area contributed by atoms with Crippen LogP contribution in [0.3, 0.4) is 0 Å². The van der Waals surface area contributed by atoms with E-state index in [1.54, 1.807) is 6.07 Å². The van der Waals surface area contributed by atoms with Crippen molar-refractivity contribution in [3.05, 3.63) is 55.9 Å². The second-order valence-electron chi connectivity index (χ2n) is 3.61. The Morgan fingerprint density at radius 2 is 2.00 bits per heavy atom. The summed E-state index contributed by atoms with van der Waals surface area (Å²) in [6, 6.07) is 5.56. The smallest absolute Gasteiger partial charge is 0.255 e. The molecule has 0 radical (unpaired) electrons. The standard InChI is InChI=1S/C12H6Br2ClFN2O/c13-7-1-6(2-8(16)3-7)12(19)18-9-4-10(14)11(15)17-5-9/h1-5H,(H,18,19). The zero-order valence-electron chi connectivity index (χ0n) is 9.25. The molecule has 0 saturated carbocycles. The molecule has 1 aromatic heterocycles. The minimum Gasteiger partial charge on any atom is -0.321 e. The first-order valence-corrected chi connectivity index (χ1v) is 7.00. The number of nitrogens with one attached hydrogen (secondary N) is 1. The van der Waals surface area contributed by atoms with Crippen molar-refractivity contribution in [3.8, 4) is 0 Å². The molecular weight excluding hydrogens is 402 g/mol. The van der Waals surface area contributed by atoms with E-state index in [-0.39, 0.29) is 5.56 Å². The Hall–Kier alpha value is -0.980. The second-order valence-corrected chi connectivity index (χ2v) is 5.74. The average Bonchev–Trinajstić information content (AvgIpc) is 2.32. The lowest BCUT2D eigenvalue weighted by atomic mass is 10.2. The summed E-state index contributed by atoms with van der Waals surface area (Å²) >= 11 is 12.1. The van der Waals surface area contributed by atoms with Crippen molar-refractivity contribution < 1.29 is 9.18 Å². The zero-order chi connectivity index (χ0) is 14.0. The van der Waals surface area contributed by atoms with Crippen LogP contribution in [0.1, 0.15) is 10.4 Å². The number of carbonyl (C=O) groups is 1. The summed E-state index contributed by atoms with van der Waals surface area (Å²) < 4.78 is 14.3. The van der Waals surface area contributed by atoms with Crippen LogP contribution in [0.4, 0.5) is 10.1 Å². The number of pyridine rings is 1. The molecule has 19 heavy (non-hydrogen) atoms. The van der Waals surface area contributed by atoms with Gasteiger partial charge in [0.05, 0.1) is 16.4 Å². The molecule has 0 bridgehead atoms. The molecule has 1 heterocycles. The molecule has 3 nitrogen and oxygen atoms in total. The van der Waals surface area contributed by atoms with Crippen LogP contribution in [0.25, 0.3) is 0 Å². The van der Waals surface area contributed by atoms with E-state index in [0.29, 0.717) is 19.8 Å². The summed E-state index contributed by atoms with van der Waals surface area (Å²) in [5.74, 6) is -0.925. The number of carbonyl (C=O) groups excluding carboxylic acids is 1. The SMILES string of the molecule is O=C(Nc1cnc(Cl)c(Br)c1)c1cc(F)cc(Br)c1. The fraction of sp³-hybridized carbons (Fsp3) is 0. The fourth-order valence-corrected chi connectivity index (χ4v) is 2.30. The minimum absolute atomic E-state index is 0.206. The fourth-order valence-electron chi connectivity index (χ4n) is 1.38. The minimum atomic E-state index is -0.491. The van der Waals surface area contributed by atoms with Crippen LogP contribution in [0, 0.1) is 5.82 Å². The monoisotopic (exact) mass is 406 g/mol. The Morgan fingerprint density at radius 3 is 2.63 bits per heavy atom. The maximum atomic E-state index is 13.2. The van der Waals surface area contributed by atoms with Crippen LogP contribution in [0.5, 0.6) is 0 Å². The lowest BCUT2D eigenvalue weighted by molar-refractivity contribution is 0.102. The molecule has 7 heteroatoms. The van der Waals surface area contributed by atoms with Gasteiger partial charge in [0, 0.05) is 10.0 Å². The number of aromatic nitrogens is 1. The van der Waals surface area contributed by atoms with Crippen LogP contribution >= 0.6 is 43.5 Å². The molecule has 0 unspecified atom stereocenters. The van der Waals surface area contributed by atoms with Gasteiger partial charge in [0.1, 0.15) is 11.0 Å². The number of nitrogens with zero attached hydrogens (tertiary/aromatic N) is 1. The molecular formula is C12H6Br2ClFN2O. The van der Waals surface area contributed by atoms with E-state index in [1.165, 1.54) is 18.3 Å². The summed E-state index contributed by atoms with van der Waals surface area (Å²) in [5, 5.41) is 2.90. The lowest BCUT2D eigenvalue weighted by Crippen LogP contribution is -2.12. The Bertz CT molecular complexity index is 631. The summed E-state index contributed by atoms with van der Waals surface area (Å²) in [7, 11) is 0. The van der Waals surface area contributed by atoms with E-state index < -0.39 is 11.7 Å². The first-order valence-electron chi connectivity index (χ1n) is 5.04. The van der Waals surface area contributed by atoms with E-state index in [9.17, 15) is 9.18 Å². The number of hydrogen-bond donors (Lipinski definition) is 1. The van der Waals surface area contributed by atoms with E-state index in [4.69, 9.17) is 11.6 Å². The first kappa shape index (κ1) is 14.4. The molecule has 0 aliphatic carbocycles. The van der Waals surface area contributed by atoms with Gasteiger partial charge in [-0.15, -0.1) is 0 Å². The Kier molecular flexibility index (Phi) is 4.54. The van der Waals surface area contributed by atoms with E-state index in [1.807, 2.05) is 0 Å². The number of halogens is 4. The van der Waals surface area contributed by atoms with Crippen molar-refractivity contribution in [2.24, 2.45) is 0 Å². The molecule has 0 fully saturated rings. The van der Waals surface area contributed by atoms with Crippen LogP contribution < -0.4 is 5.32 Å². The normalized spacial score (nSPS) is 10.3. The van der Waals surface area contributed by atoms with Gasteiger partial charge in [-0.2, -0.15) is 0 Å². The van der Waals surface area contributed by atoms with Gasteiger partial charge in [0.2, 0.25) is 0 Å². The van der Waals surface area contributed by atoms with Crippen molar-refractivity contribution in [2.45, 2.75) is 0 Å². The lowest BCUT2D eigenvalue weighted by Gasteiger charge is -2.06. The molecule has 0 spiro atoms. The van der Waals surface area contributed by atoms with E-state index in [2.05, 4.69) is 42.2 Å². The average molecular weight is 408 g/mol. The van der Waals surface area contributed by atoms with Crippen molar-refractivity contribution in [1.29, 1.82) is 0 Å². The van der Waals surface area contributed by atoms with Gasteiger partial charge in [-0.05, 0) is 40.2 Å².